The molecule has 1 N–H and O–H groups in total. The van der Waals surface area contributed by atoms with Crippen LogP contribution in [0.1, 0.15) is 16.7 Å². The van der Waals surface area contributed by atoms with Crippen molar-refractivity contribution >= 4 is 62.8 Å². The number of benzene rings is 6. The summed E-state index contributed by atoms with van der Waals surface area (Å²) >= 11 is 5.96. The van der Waals surface area contributed by atoms with Gasteiger partial charge in [0.25, 0.3) is 11.8 Å². The first-order chi connectivity index (χ1) is 22.9. The Hall–Kier alpha value is -5.92. The lowest BCUT2D eigenvalue weighted by Gasteiger charge is -2.26. The maximum Gasteiger partial charge on any atom is 0.335 e. The lowest BCUT2D eigenvalue weighted by atomic mass is 9.99. The Balaban J connectivity index is 1.18. The van der Waals surface area contributed by atoms with Crippen molar-refractivity contribution in [1.29, 1.82) is 0 Å². The number of anilines is 1. The van der Waals surface area contributed by atoms with Crippen molar-refractivity contribution in [2.75, 3.05) is 4.90 Å². The van der Waals surface area contributed by atoms with E-state index in [1.54, 1.807) is 36.4 Å². The van der Waals surface area contributed by atoms with Crippen molar-refractivity contribution in [2.45, 2.75) is 13.2 Å². The molecule has 7 nitrogen and oxygen atoms in total. The number of barbiturate groups is 1. The van der Waals surface area contributed by atoms with Gasteiger partial charge in [0.2, 0.25) is 0 Å². The first-order valence-electron chi connectivity index (χ1n) is 14.9. The van der Waals surface area contributed by atoms with Crippen LogP contribution in [-0.4, -0.2) is 17.8 Å². The summed E-state index contributed by atoms with van der Waals surface area (Å²) in [6, 6.07) is 38.5. The van der Waals surface area contributed by atoms with Crippen LogP contribution in [0.2, 0.25) is 5.02 Å². The minimum atomic E-state index is -0.836. The van der Waals surface area contributed by atoms with Crippen LogP contribution in [0.5, 0.6) is 11.5 Å². The van der Waals surface area contributed by atoms with E-state index in [1.165, 1.54) is 6.08 Å². The molecule has 1 heterocycles. The Kier molecular flexibility index (Phi) is 8.13. The van der Waals surface area contributed by atoms with Gasteiger partial charge in [-0.25, -0.2) is 9.69 Å². The summed E-state index contributed by atoms with van der Waals surface area (Å²) in [4.78, 5) is 40.9. The zero-order valence-corrected chi connectivity index (χ0v) is 25.7. The van der Waals surface area contributed by atoms with Crippen LogP contribution in [0.15, 0.2) is 133 Å². The van der Waals surface area contributed by atoms with E-state index in [4.69, 9.17) is 21.1 Å². The van der Waals surface area contributed by atoms with Crippen molar-refractivity contribution < 1.29 is 23.9 Å². The molecule has 6 aromatic carbocycles. The highest BCUT2D eigenvalue weighted by Crippen LogP contribution is 2.33. The lowest BCUT2D eigenvalue weighted by molar-refractivity contribution is -0.122. The summed E-state index contributed by atoms with van der Waals surface area (Å²) in [5, 5.41) is 6.83. The van der Waals surface area contributed by atoms with E-state index >= 15 is 0 Å². The molecule has 1 fully saturated rings. The lowest BCUT2D eigenvalue weighted by Crippen LogP contribution is -2.54. The molecule has 0 atom stereocenters. The number of imide groups is 2. The summed E-state index contributed by atoms with van der Waals surface area (Å²) in [7, 11) is 0. The van der Waals surface area contributed by atoms with Gasteiger partial charge in [-0.1, -0.05) is 96.5 Å². The fourth-order valence-corrected chi connectivity index (χ4v) is 5.73. The molecule has 0 radical (unpaired) electrons. The van der Waals surface area contributed by atoms with Crippen molar-refractivity contribution in [3.05, 3.63) is 155 Å². The summed E-state index contributed by atoms with van der Waals surface area (Å²) in [5.74, 6) is -0.492. The van der Waals surface area contributed by atoms with Crippen LogP contribution in [0.4, 0.5) is 10.5 Å². The summed E-state index contributed by atoms with van der Waals surface area (Å²) in [6.07, 6.45) is 1.50. The first kappa shape index (κ1) is 29.8. The minimum absolute atomic E-state index is 0.195. The number of urea groups is 1. The number of hydrogen-bond acceptors (Lipinski definition) is 5. The maximum absolute atomic E-state index is 13.8. The topological polar surface area (TPSA) is 84.9 Å². The van der Waals surface area contributed by atoms with Gasteiger partial charge >= 0.3 is 6.03 Å². The Bertz CT molecular complexity index is 2190. The molecule has 0 saturated carbocycles. The van der Waals surface area contributed by atoms with Crippen LogP contribution >= 0.6 is 11.6 Å². The average molecular weight is 639 g/mol. The Labute approximate surface area is 275 Å². The van der Waals surface area contributed by atoms with E-state index in [-0.39, 0.29) is 17.9 Å². The fourth-order valence-electron chi connectivity index (χ4n) is 5.60. The smallest absolute Gasteiger partial charge is 0.335 e. The van der Waals surface area contributed by atoms with Gasteiger partial charge < -0.3 is 9.47 Å². The predicted octanol–water partition coefficient (Wildman–Crippen LogP) is 8.47. The summed E-state index contributed by atoms with van der Waals surface area (Å²) in [6.45, 7) is 0.587. The van der Waals surface area contributed by atoms with Crippen LogP contribution in [-0.2, 0) is 22.8 Å². The highest BCUT2D eigenvalue weighted by Gasteiger charge is 2.37. The Morgan fingerprint density at radius 3 is 2.11 bits per heavy atom. The Morgan fingerprint density at radius 1 is 0.660 bits per heavy atom. The average Bonchev–Trinajstić information content (AvgIpc) is 3.09. The molecule has 7 rings (SSSR count). The van der Waals surface area contributed by atoms with Gasteiger partial charge in [-0.05, 0) is 81.2 Å². The van der Waals surface area contributed by atoms with Crippen LogP contribution in [0.25, 0.3) is 27.6 Å². The van der Waals surface area contributed by atoms with Gasteiger partial charge in [0.15, 0.2) is 0 Å². The summed E-state index contributed by atoms with van der Waals surface area (Å²) in [5.41, 5.74) is 2.58. The second-order valence-electron chi connectivity index (χ2n) is 11.0. The monoisotopic (exact) mass is 638 g/mol. The second-order valence-corrected chi connectivity index (χ2v) is 11.4. The number of ether oxygens (including phenoxy) is 2. The number of carbonyl (C=O) groups is 3. The maximum atomic E-state index is 13.8. The molecular weight excluding hydrogens is 612 g/mol. The number of halogens is 1. The molecule has 230 valence electrons. The molecular formula is C39H27ClN2O5. The minimum Gasteiger partial charge on any atom is -0.489 e. The number of fused-ring (bicyclic) bond motifs is 2. The normalized spacial score (nSPS) is 14.1. The molecule has 1 aliphatic heterocycles. The van der Waals surface area contributed by atoms with Crippen molar-refractivity contribution in [3.8, 4) is 11.5 Å². The highest BCUT2D eigenvalue weighted by molar-refractivity contribution is 6.39. The zero-order chi connectivity index (χ0) is 32.3. The van der Waals surface area contributed by atoms with Gasteiger partial charge in [0.1, 0.15) is 30.3 Å². The number of amides is 4. The van der Waals surface area contributed by atoms with E-state index in [9.17, 15) is 14.4 Å². The zero-order valence-electron chi connectivity index (χ0n) is 25.0. The fraction of sp³-hybridized carbons (Fsp3) is 0.0513. The quantitative estimate of drug-likeness (QED) is 0.134. The van der Waals surface area contributed by atoms with Gasteiger partial charge in [-0.15, -0.1) is 0 Å². The van der Waals surface area contributed by atoms with E-state index in [2.05, 4.69) is 5.32 Å². The van der Waals surface area contributed by atoms with Gasteiger partial charge in [0, 0.05) is 10.6 Å². The standard InChI is InChI=1S/C39H27ClN2O5/c40-29-15-12-25(13-16-29)23-46-31-19-17-30(18-20-31)42-38(44)35(37(43)41-39(42)45)22-34-33-11-4-2-7-27(33)14-21-36(34)47-24-28-9-5-8-26-6-1-3-10-32(26)28/h1-22H,23-24H2,(H,41,43,45)/b35-22+. The van der Waals surface area contributed by atoms with E-state index < -0.39 is 17.8 Å². The van der Waals surface area contributed by atoms with Gasteiger partial charge in [0.05, 0.1) is 5.69 Å². The number of nitrogens with one attached hydrogen (secondary N) is 1. The Morgan fingerprint density at radius 2 is 1.34 bits per heavy atom. The number of hydrogen-bond donors (Lipinski definition) is 1. The third-order valence-corrected chi connectivity index (χ3v) is 8.25. The molecule has 0 aliphatic carbocycles. The molecule has 47 heavy (non-hydrogen) atoms. The number of rotatable bonds is 8. The van der Waals surface area contributed by atoms with Crippen molar-refractivity contribution in [2.24, 2.45) is 0 Å². The molecule has 1 saturated heterocycles. The molecule has 0 bridgehead atoms. The van der Waals surface area contributed by atoms with Crippen molar-refractivity contribution in [3.63, 3.8) is 0 Å². The SMILES string of the molecule is O=C1NC(=O)N(c2ccc(OCc3ccc(Cl)cc3)cc2)C(=O)/C1=C/c1c(OCc2cccc3ccccc23)ccc2ccccc12. The molecule has 0 unspecified atom stereocenters. The number of carbonyl (C=O) groups excluding carboxylic acids is 3. The third-order valence-electron chi connectivity index (χ3n) is 8.00. The van der Waals surface area contributed by atoms with Gasteiger partial charge in [-0.3, -0.25) is 14.9 Å². The van der Waals surface area contributed by atoms with E-state index in [0.717, 1.165) is 37.6 Å². The first-order valence-corrected chi connectivity index (χ1v) is 15.3. The van der Waals surface area contributed by atoms with Crippen LogP contribution < -0.4 is 19.7 Å². The molecule has 6 aromatic rings. The molecule has 1 aliphatic rings. The second kappa shape index (κ2) is 12.8. The van der Waals surface area contributed by atoms with Crippen LogP contribution in [0, 0.1) is 0 Å². The highest BCUT2D eigenvalue weighted by atomic mass is 35.5. The molecule has 4 amide bonds. The van der Waals surface area contributed by atoms with Crippen LogP contribution in [0.3, 0.4) is 0 Å². The molecule has 0 aromatic heterocycles. The third kappa shape index (κ3) is 6.17. The molecule has 8 heteroatoms. The van der Waals surface area contributed by atoms with E-state index in [1.807, 2.05) is 91.0 Å². The largest absolute Gasteiger partial charge is 0.489 e. The van der Waals surface area contributed by atoms with Gasteiger partial charge in [-0.2, -0.15) is 0 Å². The predicted molar refractivity (Wildman–Crippen MR) is 183 cm³/mol. The molecule has 0 spiro atoms. The number of nitrogens with zero attached hydrogens (tertiary/aromatic N) is 1. The van der Waals surface area contributed by atoms with E-state index in [0.29, 0.717) is 28.7 Å². The van der Waals surface area contributed by atoms with Crippen molar-refractivity contribution in [1.82, 2.24) is 5.32 Å². The summed E-state index contributed by atoms with van der Waals surface area (Å²) < 4.78 is 12.2.